The molecule has 2 heterocycles. The number of aliphatic hydroxyl groups is 2. The van der Waals surface area contributed by atoms with Crippen molar-refractivity contribution in [2.45, 2.75) is 141 Å². The van der Waals surface area contributed by atoms with Crippen molar-refractivity contribution in [1.82, 2.24) is 20.9 Å². The first-order valence-corrected chi connectivity index (χ1v) is 20.1. The average molecular weight is 711 g/mol. The topological polar surface area (TPSA) is 148 Å². The minimum absolute atomic E-state index is 0.111. The van der Waals surface area contributed by atoms with Gasteiger partial charge in [-0.05, 0) is 117 Å². The van der Waals surface area contributed by atoms with Gasteiger partial charge < -0.3 is 26.2 Å². The molecule has 0 aromatic carbocycles. The number of aliphatic hydroxyl groups excluding tert-OH is 2. The number of thioether (sulfide) groups is 1. The predicted octanol–water partition coefficient (Wildman–Crippen LogP) is 4.06. The van der Waals surface area contributed by atoms with Gasteiger partial charge in [-0.1, -0.05) is 27.7 Å². The predicted molar refractivity (Wildman–Crippen MR) is 193 cm³/mol. The van der Waals surface area contributed by atoms with Crippen molar-refractivity contribution in [3.8, 4) is 12.3 Å². The molecule has 5 fully saturated rings. The third-order valence-electron chi connectivity index (χ3n) is 14.3. The molecule has 11 heteroatoms. The van der Waals surface area contributed by atoms with E-state index in [1.165, 1.54) is 29.5 Å². The van der Waals surface area contributed by atoms with Crippen LogP contribution in [0.3, 0.4) is 0 Å². The number of rotatable bonds is 10. The number of fused-ring (bicyclic) bond motifs is 6. The summed E-state index contributed by atoms with van der Waals surface area (Å²) in [6.07, 6.45) is 13.8. The van der Waals surface area contributed by atoms with E-state index in [9.17, 15) is 29.4 Å². The van der Waals surface area contributed by atoms with E-state index in [4.69, 9.17) is 6.42 Å². The van der Waals surface area contributed by atoms with Crippen LogP contribution < -0.4 is 16.0 Å². The Bertz CT molecular complexity index is 1450. The molecule has 0 spiro atoms. The molecule has 5 N–H and O–H groups in total. The fourth-order valence-corrected chi connectivity index (χ4v) is 12.8. The Morgan fingerprint density at radius 3 is 2.54 bits per heavy atom. The summed E-state index contributed by atoms with van der Waals surface area (Å²) in [5.74, 6) is 4.54. The van der Waals surface area contributed by atoms with Crippen LogP contribution in [-0.4, -0.2) is 74.3 Å². The monoisotopic (exact) mass is 710 g/mol. The van der Waals surface area contributed by atoms with E-state index in [0.717, 1.165) is 44.1 Å². The second-order valence-corrected chi connectivity index (χ2v) is 17.9. The summed E-state index contributed by atoms with van der Waals surface area (Å²) in [6, 6.07) is -0.706. The smallest absolute Gasteiger partial charge is 0.269 e. The highest BCUT2D eigenvalue weighted by molar-refractivity contribution is 8.00. The van der Waals surface area contributed by atoms with E-state index >= 15 is 0 Å². The van der Waals surface area contributed by atoms with Crippen LogP contribution >= 0.6 is 11.8 Å². The van der Waals surface area contributed by atoms with Gasteiger partial charge in [0, 0.05) is 25.0 Å². The summed E-state index contributed by atoms with van der Waals surface area (Å²) in [4.78, 5) is 53.5. The Morgan fingerprint density at radius 1 is 1.06 bits per heavy atom. The SMILES string of the molecule is C#CCC(NC(=O)CC)NC(=O)C1=C(C)CSC2C(NC(=O)CCC(C)C3CCC4C5CCC6CC(O)CCC6(C)C5CC(O)C34C)C(=O)N12. The molecule has 4 saturated carbocycles. The normalized spacial score (nSPS) is 40.2. The zero-order chi connectivity index (χ0) is 36.1. The fraction of sp³-hybridized carbons (Fsp3) is 0.795. The molecular weight excluding hydrogens is 653 g/mol. The Balaban J connectivity index is 1.04. The largest absolute Gasteiger partial charge is 0.393 e. The Labute approximate surface area is 302 Å². The number of carbonyl (C=O) groups excluding carboxylic acids is 4. The van der Waals surface area contributed by atoms with Crippen LogP contribution in [0.25, 0.3) is 0 Å². The van der Waals surface area contributed by atoms with E-state index in [-0.39, 0.29) is 70.6 Å². The number of hydrogen-bond donors (Lipinski definition) is 5. The molecule has 2 aliphatic heterocycles. The lowest BCUT2D eigenvalue weighted by molar-refractivity contribution is -0.175. The molecule has 10 nitrogen and oxygen atoms in total. The van der Waals surface area contributed by atoms with Crippen molar-refractivity contribution in [3.63, 3.8) is 0 Å². The molecule has 1 saturated heterocycles. The first kappa shape index (κ1) is 37.2. The molecule has 0 aromatic rings. The maximum Gasteiger partial charge on any atom is 0.269 e. The lowest BCUT2D eigenvalue weighted by Crippen LogP contribution is -2.71. The van der Waals surface area contributed by atoms with Gasteiger partial charge in [0.15, 0.2) is 0 Å². The molecule has 13 atom stereocenters. The maximum atomic E-state index is 13.4. The van der Waals surface area contributed by atoms with Crippen molar-refractivity contribution in [2.75, 3.05) is 5.75 Å². The quantitative estimate of drug-likeness (QED) is 0.131. The molecule has 276 valence electrons. The molecule has 0 aromatic heterocycles. The van der Waals surface area contributed by atoms with Gasteiger partial charge in [-0.25, -0.2) is 0 Å². The van der Waals surface area contributed by atoms with Crippen molar-refractivity contribution >= 4 is 35.4 Å². The number of nitrogens with zero attached hydrogens (tertiary/aromatic N) is 1. The van der Waals surface area contributed by atoms with E-state index in [1.54, 1.807) is 6.92 Å². The van der Waals surface area contributed by atoms with Gasteiger partial charge in [0.05, 0.1) is 12.2 Å². The van der Waals surface area contributed by atoms with Crippen molar-refractivity contribution in [3.05, 3.63) is 11.3 Å². The van der Waals surface area contributed by atoms with Crippen LogP contribution in [0.15, 0.2) is 11.3 Å². The first-order valence-electron chi connectivity index (χ1n) is 19.1. The molecule has 50 heavy (non-hydrogen) atoms. The van der Waals surface area contributed by atoms with Crippen molar-refractivity contribution < 1.29 is 29.4 Å². The van der Waals surface area contributed by atoms with E-state index < -0.39 is 18.1 Å². The number of carbonyl (C=O) groups is 4. The summed E-state index contributed by atoms with van der Waals surface area (Å²) in [5, 5.41) is 30.4. The molecule has 0 bridgehead atoms. The summed E-state index contributed by atoms with van der Waals surface area (Å²) in [6.45, 7) is 10.5. The van der Waals surface area contributed by atoms with Crippen LogP contribution in [0.2, 0.25) is 0 Å². The Hall–Kier alpha value is -2.55. The highest BCUT2D eigenvalue weighted by Gasteiger charge is 2.64. The van der Waals surface area contributed by atoms with E-state index in [1.807, 2.05) is 6.92 Å². The molecule has 6 aliphatic rings. The standard InChI is InChI=1S/C39H58N4O6S/c1-7-9-30(40-31(46)8-2)41-35(48)34-22(4)20-50-37-33(36(49)43(34)37)42-32(47)15-10-21(3)26-13-14-27-25-12-11-23-18-24(44)16-17-38(23,5)28(25)19-29(45)39(26,27)6/h1,21,23-30,33,37,44-45H,8-20H2,2-6H3,(H,40,46)(H,41,48)(H,42,47). The van der Waals surface area contributed by atoms with E-state index in [0.29, 0.717) is 48.2 Å². The molecular formula is C39H58N4O6S. The number of terminal acetylenes is 1. The van der Waals surface area contributed by atoms with Crippen LogP contribution in [0.1, 0.15) is 112 Å². The number of β-lactam (4-membered cyclic amide) rings is 1. The third-order valence-corrected chi connectivity index (χ3v) is 15.7. The zero-order valence-corrected chi connectivity index (χ0v) is 31.3. The van der Waals surface area contributed by atoms with E-state index in [2.05, 4.69) is 42.6 Å². The van der Waals surface area contributed by atoms with Gasteiger partial charge in [-0.3, -0.25) is 24.1 Å². The van der Waals surface area contributed by atoms with Crippen molar-refractivity contribution in [2.24, 2.45) is 46.3 Å². The number of hydrogen-bond acceptors (Lipinski definition) is 7. The maximum absolute atomic E-state index is 13.4. The Morgan fingerprint density at radius 2 is 1.82 bits per heavy atom. The summed E-state index contributed by atoms with van der Waals surface area (Å²) in [5.41, 5.74) is 1.03. The second kappa shape index (κ2) is 14.5. The molecule has 13 unspecified atom stereocenters. The lowest BCUT2D eigenvalue weighted by Gasteiger charge is -2.62. The van der Waals surface area contributed by atoms with Gasteiger partial charge in [0.25, 0.3) is 11.8 Å². The highest BCUT2D eigenvalue weighted by atomic mass is 32.2. The summed E-state index contributed by atoms with van der Waals surface area (Å²) in [7, 11) is 0. The molecule has 4 amide bonds. The highest BCUT2D eigenvalue weighted by Crippen LogP contribution is 2.68. The van der Waals surface area contributed by atoms with Gasteiger partial charge in [-0.2, -0.15) is 0 Å². The second-order valence-electron chi connectivity index (χ2n) is 16.8. The third kappa shape index (κ3) is 6.40. The van der Waals surface area contributed by atoms with Crippen LogP contribution in [-0.2, 0) is 19.2 Å². The first-order chi connectivity index (χ1) is 23.7. The minimum atomic E-state index is -0.749. The summed E-state index contributed by atoms with van der Waals surface area (Å²) >= 11 is 1.52. The lowest BCUT2D eigenvalue weighted by atomic mass is 9.43. The molecule has 0 radical (unpaired) electrons. The number of amides is 4. The van der Waals surface area contributed by atoms with Crippen LogP contribution in [0.5, 0.6) is 0 Å². The molecule has 4 aliphatic carbocycles. The van der Waals surface area contributed by atoms with Crippen LogP contribution in [0, 0.1) is 58.7 Å². The average Bonchev–Trinajstić information content (AvgIpc) is 3.45. The Kier molecular flexibility index (Phi) is 10.8. The van der Waals surface area contributed by atoms with Gasteiger partial charge in [0.2, 0.25) is 11.8 Å². The van der Waals surface area contributed by atoms with Gasteiger partial charge in [-0.15, -0.1) is 24.1 Å². The van der Waals surface area contributed by atoms with Gasteiger partial charge >= 0.3 is 0 Å². The van der Waals surface area contributed by atoms with Crippen molar-refractivity contribution in [1.29, 1.82) is 0 Å². The zero-order valence-electron chi connectivity index (χ0n) is 30.5. The molecule has 6 rings (SSSR count). The minimum Gasteiger partial charge on any atom is -0.393 e. The van der Waals surface area contributed by atoms with Gasteiger partial charge in [0.1, 0.15) is 23.3 Å². The number of nitrogens with one attached hydrogen (secondary N) is 3. The fourth-order valence-electron chi connectivity index (χ4n) is 11.5. The van der Waals surface area contributed by atoms with Crippen LogP contribution in [0.4, 0.5) is 0 Å². The summed E-state index contributed by atoms with van der Waals surface area (Å²) < 4.78 is 0.